The number of methoxy groups -OCH3 is 1. The van der Waals surface area contributed by atoms with Crippen molar-refractivity contribution in [2.24, 2.45) is 5.41 Å². The third kappa shape index (κ3) is 10.7. The maximum Gasteiger partial charge on any atom is 0.494 e. The lowest BCUT2D eigenvalue weighted by Gasteiger charge is -2.53. The average Bonchev–Trinajstić information content (AvgIpc) is 3.87. The number of benzene rings is 1. The van der Waals surface area contributed by atoms with Crippen molar-refractivity contribution in [3.63, 3.8) is 0 Å². The molecule has 366 valence electrons. The SMILES string of the molecule is CCn1c(-c2cccnc2[C@H](C)OC)c(C2(C(=O)O)CCCN(C(=O)[C@@H](NC(=O)OC(C)(C)C)[C@H](OCC(F)F)c3nc(Br)cs3)N2CC(C)(C)C)c2cc(B3OC(C)(C)C(C)(C)O3)ccc21. The molecule has 67 heavy (non-hydrogen) atoms. The van der Waals surface area contributed by atoms with Gasteiger partial charge in [0.15, 0.2) is 5.54 Å². The third-order valence-corrected chi connectivity index (χ3v) is 14.0. The first-order valence-electron chi connectivity index (χ1n) is 22.5. The minimum Gasteiger partial charge on any atom is -0.480 e. The molecule has 15 nitrogen and oxygen atoms in total. The normalized spacial score (nSPS) is 20.3. The number of aliphatic carboxylic acids is 1. The molecule has 4 atom stereocenters. The van der Waals surface area contributed by atoms with Crippen LogP contribution in [-0.4, -0.2) is 111 Å². The van der Waals surface area contributed by atoms with E-state index in [4.69, 9.17) is 28.5 Å². The number of ether oxygens (including phenoxy) is 3. The highest BCUT2D eigenvalue weighted by molar-refractivity contribution is 9.10. The van der Waals surface area contributed by atoms with Crippen molar-refractivity contribution in [3.8, 4) is 11.3 Å². The van der Waals surface area contributed by atoms with Crippen LogP contribution in [0.2, 0.25) is 0 Å². The van der Waals surface area contributed by atoms with Crippen LogP contribution < -0.4 is 10.8 Å². The molecular weight excluding hydrogens is 953 g/mol. The van der Waals surface area contributed by atoms with Crippen molar-refractivity contribution >= 4 is 68.7 Å². The number of carboxylic acid groups (broad SMARTS) is 1. The first-order valence-corrected chi connectivity index (χ1v) is 24.2. The minimum atomic E-state index is -2.94. The number of halogens is 3. The zero-order chi connectivity index (χ0) is 49.6. The molecule has 2 N–H and O–H groups in total. The summed E-state index contributed by atoms with van der Waals surface area (Å²) in [7, 11) is 0.777. The molecule has 0 bridgehead atoms. The van der Waals surface area contributed by atoms with Gasteiger partial charge in [-0.1, -0.05) is 32.9 Å². The number of aryl methyl sites for hydroxylation is 1. The van der Waals surface area contributed by atoms with E-state index in [-0.39, 0.29) is 30.9 Å². The van der Waals surface area contributed by atoms with Crippen molar-refractivity contribution in [2.75, 3.05) is 26.8 Å². The topological polar surface area (TPSA) is 167 Å². The van der Waals surface area contributed by atoms with Gasteiger partial charge in [-0.3, -0.25) is 14.8 Å². The molecule has 2 amide bonds. The quantitative estimate of drug-likeness (QED) is 0.109. The van der Waals surface area contributed by atoms with Crippen LogP contribution in [0.1, 0.15) is 124 Å². The monoisotopic (exact) mass is 1020 g/mol. The second-order valence-electron chi connectivity index (χ2n) is 20.3. The van der Waals surface area contributed by atoms with Gasteiger partial charge in [0.1, 0.15) is 34.0 Å². The molecular formula is C47H64BBrF2N6O9S. The number of alkyl carbamates (subject to hydrolysis) is 1. The molecule has 4 aromatic rings. The average molecular weight is 1020 g/mol. The van der Waals surface area contributed by atoms with Gasteiger partial charge in [-0.15, -0.1) is 11.3 Å². The Hall–Kier alpha value is -4.05. The number of fused-ring (bicyclic) bond motifs is 1. The van der Waals surface area contributed by atoms with Crippen molar-refractivity contribution in [1.29, 1.82) is 0 Å². The summed E-state index contributed by atoms with van der Waals surface area (Å²) >= 11 is 4.37. The molecule has 0 spiro atoms. The van der Waals surface area contributed by atoms with E-state index in [1.807, 2.05) is 86.6 Å². The number of hydrogen-bond donors (Lipinski definition) is 2. The molecule has 0 radical (unpaired) electrons. The minimum absolute atomic E-state index is 0.000649. The molecule has 2 aliphatic heterocycles. The highest BCUT2D eigenvalue weighted by atomic mass is 79.9. The second-order valence-corrected chi connectivity index (χ2v) is 22.0. The Balaban J connectivity index is 1.68. The number of hydrogen-bond acceptors (Lipinski definition) is 12. The number of carbonyl (C=O) groups excluding carboxylic acids is 2. The Labute approximate surface area is 404 Å². The van der Waals surface area contributed by atoms with E-state index in [1.165, 1.54) is 5.01 Å². The van der Waals surface area contributed by atoms with Crippen LogP contribution >= 0.6 is 27.3 Å². The molecule has 0 saturated carbocycles. The fourth-order valence-corrected chi connectivity index (χ4v) is 10.1. The van der Waals surface area contributed by atoms with Gasteiger partial charge < -0.3 is 38.5 Å². The van der Waals surface area contributed by atoms with Gasteiger partial charge in [-0.05, 0) is 120 Å². The maximum atomic E-state index is 15.8. The molecule has 0 aliphatic carbocycles. The standard InChI is InChI=1S/C47H64BBrF2N6O9S/c1-14-55-31-19-18-28(48-65-45(9,10)46(11,12)66-48)23-30(31)34(37(55)29-17-15-21-52-35(29)27(2)62-13)47(41(59)60)20-16-22-56(57(47)26-43(3,4)5)40(58)36(54-42(61)64-44(6,7)8)38(63-24-33(50)51)39-53-32(49)25-67-39/h15,17-19,21,23,25,27,33,36,38H,14,16,20,22,24,26H2,1-13H3,(H,54,61)(H,59,60)/t27-,36-,38-,47?/m0/s1. The van der Waals surface area contributed by atoms with E-state index in [2.05, 4.69) is 30.8 Å². The van der Waals surface area contributed by atoms with Crippen LogP contribution in [0.25, 0.3) is 22.2 Å². The Morgan fingerprint density at radius 2 is 1.75 bits per heavy atom. The molecule has 2 saturated heterocycles. The summed E-state index contributed by atoms with van der Waals surface area (Å²) in [6, 6.07) is 7.74. The number of nitrogens with one attached hydrogen (secondary N) is 1. The first-order chi connectivity index (χ1) is 31.2. The fourth-order valence-electron chi connectivity index (χ4n) is 8.74. The van der Waals surface area contributed by atoms with Crippen LogP contribution in [0, 0.1) is 5.41 Å². The summed E-state index contributed by atoms with van der Waals surface area (Å²) in [5.41, 5.74) is -1.54. The lowest BCUT2D eigenvalue weighted by Crippen LogP contribution is -2.68. The van der Waals surface area contributed by atoms with Crippen molar-refractivity contribution in [1.82, 2.24) is 29.9 Å². The fraction of sp³-hybridized carbons (Fsp3) is 0.596. The lowest BCUT2D eigenvalue weighted by atomic mass is 9.75. The number of aromatic nitrogens is 3. The van der Waals surface area contributed by atoms with Gasteiger partial charge in [0.05, 0.1) is 28.7 Å². The Bertz CT molecular complexity index is 2440. The molecule has 2 fully saturated rings. The number of thiazole rings is 1. The van der Waals surface area contributed by atoms with Crippen LogP contribution in [0.5, 0.6) is 0 Å². The van der Waals surface area contributed by atoms with Crippen LogP contribution in [0.3, 0.4) is 0 Å². The smallest absolute Gasteiger partial charge is 0.480 e. The van der Waals surface area contributed by atoms with Crippen molar-refractivity contribution in [3.05, 3.63) is 62.8 Å². The third-order valence-electron chi connectivity index (χ3n) is 12.4. The van der Waals surface area contributed by atoms with Crippen molar-refractivity contribution < 1.29 is 51.8 Å². The van der Waals surface area contributed by atoms with E-state index >= 15 is 9.59 Å². The molecule has 2 aliphatic rings. The summed E-state index contributed by atoms with van der Waals surface area (Å²) in [6.07, 6.45) is -4.15. The summed E-state index contributed by atoms with van der Waals surface area (Å²) in [6.45, 7) is 21.7. The van der Waals surface area contributed by atoms with Crippen LogP contribution in [0.4, 0.5) is 13.6 Å². The largest absolute Gasteiger partial charge is 0.494 e. The summed E-state index contributed by atoms with van der Waals surface area (Å²) < 4.78 is 60.8. The number of amides is 2. The molecule has 3 aromatic heterocycles. The lowest BCUT2D eigenvalue weighted by molar-refractivity contribution is -0.200. The highest BCUT2D eigenvalue weighted by Gasteiger charge is 2.57. The van der Waals surface area contributed by atoms with Crippen LogP contribution in [-0.2, 0) is 45.2 Å². The summed E-state index contributed by atoms with van der Waals surface area (Å²) in [5.74, 6) is -2.07. The Morgan fingerprint density at radius 1 is 1.07 bits per heavy atom. The van der Waals surface area contributed by atoms with E-state index in [0.717, 1.165) is 11.3 Å². The maximum absolute atomic E-state index is 15.8. The number of alkyl halides is 2. The molecule has 20 heteroatoms. The number of hydrazine groups is 1. The van der Waals surface area contributed by atoms with Gasteiger partial charge in [-0.2, -0.15) is 5.01 Å². The van der Waals surface area contributed by atoms with Gasteiger partial charge in [0.25, 0.3) is 12.3 Å². The summed E-state index contributed by atoms with van der Waals surface area (Å²) in [4.78, 5) is 53.7. The molecule has 6 rings (SSSR count). The number of carbonyl (C=O) groups is 3. The zero-order valence-corrected chi connectivity index (χ0v) is 43.1. The number of nitrogens with zero attached hydrogens (tertiary/aromatic N) is 5. The van der Waals surface area contributed by atoms with Gasteiger partial charge in [0.2, 0.25) is 0 Å². The van der Waals surface area contributed by atoms with E-state index in [0.29, 0.717) is 50.0 Å². The number of pyridine rings is 1. The van der Waals surface area contributed by atoms with Gasteiger partial charge >= 0.3 is 19.2 Å². The Morgan fingerprint density at radius 3 is 2.30 bits per heavy atom. The molecule has 5 heterocycles. The summed E-state index contributed by atoms with van der Waals surface area (Å²) in [5, 5.41) is 20.1. The van der Waals surface area contributed by atoms with Gasteiger partial charge in [-0.25, -0.2) is 23.4 Å². The number of rotatable bonds is 15. The first kappa shape index (κ1) is 52.3. The Kier molecular flexibility index (Phi) is 15.4. The van der Waals surface area contributed by atoms with Gasteiger partial charge in [0, 0.05) is 60.4 Å². The van der Waals surface area contributed by atoms with Crippen LogP contribution in [0.15, 0.2) is 46.5 Å². The van der Waals surface area contributed by atoms with Crippen molar-refractivity contribution in [2.45, 2.75) is 149 Å². The van der Waals surface area contributed by atoms with E-state index in [9.17, 15) is 18.7 Å². The molecule has 1 aromatic carbocycles. The van der Waals surface area contributed by atoms with E-state index in [1.54, 1.807) is 50.5 Å². The predicted molar refractivity (Wildman–Crippen MR) is 256 cm³/mol. The number of carboxylic acids is 1. The molecule has 1 unspecified atom stereocenters. The second kappa shape index (κ2) is 19.8. The zero-order valence-electron chi connectivity index (χ0n) is 40.7. The highest BCUT2D eigenvalue weighted by Crippen LogP contribution is 2.50. The predicted octanol–water partition coefficient (Wildman–Crippen LogP) is 9.03. The van der Waals surface area contributed by atoms with E-state index < -0.39 is 84.1 Å².